The summed E-state index contributed by atoms with van der Waals surface area (Å²) in [5, 5.41) is 12.8. The molecule has 9 nitrogen and oxygen atoms in total. The van der Waals surface area contributed by atoms with Gasteiger partial charge in [0.05, 0.1) is 12.1 Å². The minimum Gasteiger partial charge on any atom is -0.506 e. The van der Waals surface area contributed by atoms with Crippen LogP contribution >= 0.6 is 15.9 Å². The summed E-state index contributed by atoms with van der Waals surface area (Å²) in [6, 6.07) is 8.66. The molecular formula is C25H22BrF3N2O7. The molecule has 0 radical (unpaired) electrons. The zero-order valence-electron chi connectivity index (χ0n) is 20.3. The van der Waals surface area contributed by atoms with E-state index in [1.807, 2.05) is 0 Å². The van der Waals surface area contributed by atoms with Crippen LogP contribution in [-0.2, 0) is 16.1 Å². The summed E-state index contributed by atoms with van der Waals surface area (Å²) in [5.41, 5.74) is -1.92. The number of ether oxygens (including phenoxy) is 3. The molecule has 2 aromatic carbocycles. The summed E-state index contributed by atoms with van der Waals surface area (Å²) in [7, 11) is 0. The van der Waals surface area contributed by atoms with Crippen LogP contribution in [0.5, 0.6) is 17.2 Å². The number of carbonyl (C=O) groups excluding carboxylic acids is 2. The highest BCUT2D eigenvalue weighted by Crippen LogP contribution is 2.42. The molecule has 1 aliphatic rings. The molecule has 0 spiro atoms. The maximum absolute atomic E-state index is 13.4. The number of carbonyl (C=O) groups is 2. The fourth-order valence-electron chi connectivity index (χ4n) is 4.00. The van der Waals surface area contributed by atoms with E-state index in [0.29, 0.717) is 5.56 Å². The highest BCUT2D eigenvalue weighted by molar-refractivity contribution is 9.10. The van der Waals surface area contributed by atoms with E-state index in [1.54, 1.807) is 45.0 Å². The van der Waals surface area contributed by atoms with Crippen LogP contribution in [0.3, 0.4) is 0 Å². The predicted octanol–water partition coefficient (Wildman–Crippen LogP) is 4.57. The van der Waals surface area contributed by atoms with Gasteiger partial charge in [0.1, 0.15) is 41.1 Å². The van der Waals surface area contributed by atoms with Gasteiger partial charge in [0, 0.05) is 15.9 Å². The molecule has 0 aliphatic carbocycles. The number of pyridine rings is 1. The van der Waals surface area contributed by atoms with Gasteiger partial charge in [-0.05, 0) is 44.5 Å². The van der Waals surface area contributed by atoms with Gasteiger partial charge >= 0.3 is 12.3 Å². The van der Waals surface area contributed by atoms with E-state index in [9.17, 15) is 32.7 Å². The van der Waals surface area contributed by atoms with E-state index in [4.69, 9.17) is 9.47 Å². The molecule has 1 atom stereocenters. The molecular weight excluding hydrogens is 577 g/mol. The molecule has 1 aromatic heterocycles. The van der Waals surface area contributed by atoms with Crippen LogP contribution < -0.4 is 20.3 Å². The smallest absolute Gasteiger partial charge is 0.506 e. The Kier molecular flexibility index (Phi) is 7.08. The van der Waals surface area contributed by atoms with Crippen LogP contribution in [0.1, 0.15) is 42.8 Å². The lowest BCUT2D eigenvalue weighted by atomic mass is 10.0. The monoisotopic (exact) mass is 598 g/mol. The fraction of sp³-hybridized carbons (Fsp3) is 0.320. The molecule has 4 rings (SSSR count). The second-order valence-corrected chi connectivity index (χ2v) is 10.3. The zero-order valence-corrected chi connectivity index (χ0v) is 21.9. The van der Waals surface area contributed by atoms with E-state index < -0.39 is 59.1 Å². The fourth-order valence-corrected chi connectivity index (χ4v) is 4.27. The molecule has 1 amide bonds. The SMILES string of the molecule is CC(C)(C)OC(=O)CNC(=O)c1c(O)c2cc(OC(F)(F)F)cc3c2n(c1=O)CC(c1ccc(Br)cc1)O3. The quantitative estimate of drug-likeness (QED) is 0.413. The van der Waals surface area contributed by atoms with E-state index >= 15 is 0 Å². The average Bonchev–Trinajstić information content (AvgIpc) is 2.79. The normalized spacial score (nSPS) is 15.1. The Hall–Kier alpha value is -3.74. The Labute approximate surface area is 222 Å². The number of hydrogen-bond acceptors (Lipinski definition) is 7. The summed E-state index contributed by atoms with van der Waals surface area (Å²) in [6.07, 6.45) is -5.88. The zero-order chi connectivity index (χ0) is 28.0. The molecule has 0 saturated heterocycles. The van der Waals surface area contributed by atoms with Gasteiger partial charge in [-0.3, -0.25) is 19.0 Å². The Morgan fingerprint density at radius 3 is 2.45 bits per heavy atom. The number of alkyl halides is 3. The summed E-state index contributed by atoms with van der Waals surface area (Å²) in [5.74, 6) is -3.67. The summed E-state index contributed by atoms with van der Waals surface area (Å²) in [6.45, 7) is 4.15. The number of aromatic nitrogens is 1. The van der Waals surface area contributed by atoms with Gasteiger partial charge in [-0.15, -0.1) is 13.2 Å². The third-order valence-electron chi connectivity index (χ3n) is 5.40. The number of nitrogens with zero attached hydrogens (tertiary/aromatic N) is 1. The van der Waals surface area contributed by atoms with Crippen LogP contribution in [0.2, 0.25) is 0 Å². The van der Waals surface area contributed by atoms with E-state index in [1.165, 1.54) is 0 Å². The summed E-state index contributed by atoms with van der Waals surface area (Å²) in [4.78, 5) is 38.4. The van der Waals surface area contributed by atoms with Gasteiger partial charge in [0.15, 0.2) is 0 Å². The maximum atomic E-state index is 13.4. The third kappa shape index (κ3) is 5.87. The van der Waals surface area contributed by atoms with Crippen molar-refractivity contribution in [3.05, 3.63) is 62.4 Å². The van der Waals surface area contributed by atoms with Gasteiger partial charge < -0.3 is 24.6 Å². The second-order valence-electron chi connectivity index (χ2n) is 9.43. The first-order valence-corrected chi connectivity index (χ1v) is 12.0. The molecule has 0 fully saturated rings. The number of nitrogens with one attached hydrogen (secondary N) is 1. The number of hydrogen-bond donors (Lipinski definition) is 2. The van der Waals surface area contributed by atoms with Gasteiger partial charge in [0.2, 0.25) is 0 Å². The molecule has 38 heavy (non-hydrogen) atoms. The third-order valence-corrected chi connectivity index (χ3v) is 5.93. The number of amides is 1. The van der Waals surface area contributed by atoms with Crippen molar-refractivity contribution in [2.24, 2.45) is 0 Å². The Bertz CT molecular complexity index is 1480. The van der Waals surface area contributed by atoms with E-state index in [-0.39, 0.29) is 23.2 Å². The predicted molar refractivity (Wildman–Crippen MR) is 132 cm³/mol. The van der Waals surface area contributed by atoms with Crippen LogP contribution in [0.15, 0.2) is 45.7 Å². The van der Waals surface area contributed by atoms with Gasteiger partial charge in [-0.1, -0.05) is 28.1 Å². The van der Waals surface area contributed by atoms with E-state index in [2.05, 4.69) is 26.0 Å². The Balaban J connectivity index is 1.82. The molecule has 2 N–H and O–H groups in total. The highest BCUT2D eigenvalue weighted by atomic mass is 79.9. The Morgan fingerprint density at radius 1 is 1.18 bits per heavy atom. The lowest BCUT2D eigenvalue weighted by Crippen LogP contribution is -2.39. The lowest BCUT2D eigenvalue weighted by Gasteiger charge is -2.29. The van der Waals surface area contributed by atoms with Crippen LogP contribution in [-0.4, -0.2) is 40.1 Å². The lowest BCUT2D eigenvalue weighted by molar-refractivity contribution is -0.274. The average molecular weight is 599 g/mol. The van der Waals surface area contributed by atoms with Crippen LogP contribution in [0.4, 0.5) is 13.2 Å². The molecule has 1 unspecified atom stereocenters. The number of benzene rings is 2. The number of rotatable bonds is 5. The molecule has 2 heterocycles. The van der Waals surface area contributed by atoms with Crippen molar-refractivity contribution in [1.82, 2.24) is 9.88 Å². The second kappa shape index (κ2) is 9.86. The van der Waals surface area contributed by atoms with Gasteiger partial charge in [0.25, 0.3) is 11.5 Å². The largest absolute Gasteiger partial charge is 0.573 e. The van der Waals surface area contributed by atoms with Crippen molar-refractivity contribution in [3.8, 4) is 17.2 Å². The molecule has 202 valence electrons. The first-order chi connectivity index (χ1) is 17.6. The topological polar surface area (TPSA) is 116 Å². The number of halogens is 4. The maximum Gasteiger partial charge on any atom is 0.573 e. The Morgan fingerprint density at radius 2 is 1.84 bits per heavy atom. The van der Waals surface area contributed by atoms with Crippen molar-refractivity contribution >= 4 is 38.7 Å². The van der Waals surface area contributed by atoms with Crippen molar-refractivity contribution in [1.29, 1.82) is 0 Å². The van der Waals surface area contributed by atoms with Crippen molar-refractivity contribution in [2.75, 3.05) is 6.54 Å². The van der Waals surface area contributed by atoms with Crippen molar-refractivity contribution < 1.29 is 42.1 Å². The highest BCUT2D eigenvalue weighted by Gasteiger charge is 2.35. The first kappa shape index (κ1) is 27.3. The van der Waals surface area contributed by atoms with E-state index in [0.717, 1.165) is 21.2 Å². The molecule has 3 aromatic rings. The van der Waals surface area contributed by atoms with Gasteiger partial charge in [-0.2, -0.15) is 0 Å². The summed E-state index contributed by atoms with van der Waals surface area (Å²) < 4.78 is 56.1. The standard InChI is InChI=1S/C25H22BrF3N2O7/c1-24(2,3)38-18(32)10-30-22(34)19-21(33)15-8-14(37-25(27,28)29)9-16-20(15)31(23(19)35)11-17(36-16)12-4-6-13(26)7-5-12/h4-9,17,33H,10-11H2,1-3H3,(H,30,34). The minimum atomic E-state index is -5.06. The van der Waals surface area contributed by atoms with Crippen LogP contribution in [0, 0.1) is 0 Å². The number of esters is 1. The molecule has 0 bridgehead atoms. The van der Waals surface area contributed by atoms with Crippen molar-refractivity contribution in [2.45, 2.75) is 45.4 Å². The van der Waals surface area contributed by atoms with Crippen LogP contribution in [0.25, 0.3) is 10.9 Å². The summed E-state index contributed by atoms with van der Waals surface area (Å²) >= 11 is 3.32. The first-order valence-electron chi connectivity index (χ1n) is 11.2. The van der Waals surface area contributed by atoms with Gasteiger partial charge in [-0.25, -0.2) is 0 Å². The molecule has 13 heteroatoms. The number of aromatic hydroxyl groups is 1. The molecule has 1 aliphatic heterocycles. The molecule has 0 saturated carbocycles. The van der Waals surface area contributed by atoms with Crippen molar-refractivity contribution in [3.63, 3.8) is 0 Å². The minimum absolute atomic E-state index is 0.0147.